The predicted octanol–water partition coefficient (Wildman–Crippen LogP) is 3.41. The lowest BCUT2D eigenvalue weighted by Crippen LogP contribution is -2.19. The monoisotopic (exact) mass is 402 g/mol. The van der Waals surface area contributed by atoms with Crippen LogP contribution in [0.5, 0.6) is 0 Å². The van der Waals surface area contributed by atoms with E-state index in [-0.39, 0.29) is 12.2 Å². The largest absolute Gasteiger partial charge is 0.481 e. The highest BCUT2D eigenvalue weighted by molar-refractivity contribution is 5.67. The Morgan fingerprint density at radius 1 is 1.14 bits per heavy atom. The minimum absolute atomic E-state index is 0.0585. The van der Waals surface area contributed by atoms with E-state index in [9.17, 15) is 19.4 Å². The number of fused-ring (bicyclic) bond motifs is 1. The summed E-state index contributed by atoms with van der Waals surface area (Å²) in [6, 6.07) is 6.30. The van der Waals surface area contributed by atoms with Gasteiger partial charge in [-0.1, -0.05) is 12.8 Å². The Morgan fingerprint density at radius 3 is 2.52 bits per heavy atom. The highest BCUT2D eigenvalue weighted by Gasteiger charge is 2.20. The first-order chi connectivity index (χ1) is 13.9. The van der Waals surface area contributed by atoms with Gasteiger partial charge >= 0.3 is 5.97 Å². The molecule has 0 aliphatic heterocycles. The van der Waals surface area contributed by atoms with Crippen molar-refractivity contribution < 1.29 is 24.5 Å². The number of carboxylic acids is 1. The summed E-state index contributed by atoms with van der Waals surface area (Å²) in [6.07, 6.45) is 6.85. The van der Waals surface area contributed by atoms with Crippen molar-refractivity contribution in [3.8, 4) is 11.3 Å². The van der Waals surface area contributed by atoms with Gasteiger partial charge in [-0.2, -0.15) is 5.10 Å². The molecule has 1 aliphatic rings. The molecule has 1 aliphatic carbocycles. The highest BCUT2D eigenvalue weighted by atomic mass is 19.1. The van der Waals surface area contributed by atoms with Crippen molar-refractivity contribution in [3.05, 3.63) is 47.4 Å². The molecule has 0 radical (unpaired) electrons. The van der Waals surface area contributed by atoms with Gasteiger partial charge in [0.25, 0.3) is 0 Å². The lowest BCUT2D eigenvalue weighted by atomic mass is 9.95. The molecule has 1 heterocycles. The van der Waals surface area contributed by atoms with Crippen LogP contribution in [0, 0.1) is 5.82 Å². The molecule has 3 N–H and O–H groups in total. The fourth-order valence-electron chi connectivity index (χ4n) is 3.77. The molecule has 29 heavy (non-hydrogen) atoms. The molecule has 3 rings (SSSR count). The summed E-state index contributed by atoms with van der Waals surface area (Å²) in [4.78, 5) is 10.7. The number of hydrogen-bond donors (Lipinski definition) is 3. The number of aliphatic carboxylic acids is 1. The Hall–Kier alpha value is -2.51. The minimum atomic E-state index is -1.11. The number of aliphatic hydroxyl groups excluding tert-OH is 2. The number of hydrogen-bond acceptors (Lipinski definition) is 4. The maximum absolute atomic E-state index is 13.3. The summed E-state index contributed by atoms with van der Waals surface area (Å²) in [7, 11) is 0. The summed E-state index contributed by atoms with van der Waals surface area (Å²) in [5.74, 6) is -1.40. The van der Waals surface area contributed by atoms with E-state index in [1.165, 1.54) is 24.6 Å². The molecule has 0 amide bonds. The second-order valence-corrected chi connectivity index (χ2v) is 7.54. The van der Waals surface area contributed by atoms with Crippen LogP contribution >= 0.6 is 0 Å². The van der Waals surface area contributed by atoms with Crippen molar-refractivity contribution in [3.63, 3.8) is 0 Å². The normalized spacial score (nSPS) is 16.8. The molecule has 156 valence electrons. The number of carbonyl (C=O) groups is 1. The van der Waals surface area contributed by atoms with E-state index in [1.54, 1.807) is 23.0 Å². The van der Waals surface area contributed by atoms with E-state index < -0.39 is 24.6 Å². The number of aromatic nitrogens is 2. The van der Waals surface area contributed by atoms with Crippen LogP contribution in [-0.2, 0) is 17.6 Å². The maximum atomic E-state index is 13.3. The molecule has 2 unspecified atom stereocenters. The molecule has 0 saturated heterocycles. The average Bonchev–Trinajstić information content (AvgIpc) is 2.96. The summed E-state index contributed by atoms with van der Waals surface area (Å²) in [5.41, 5.74) is 3.92. The lowest BCUT2D eigenvalue weighted by molar-refractivity contribution is -0.139. The highest BCUT2D eigenvalue weighted by Crippen LogP contribution is 2.30. The van der Waals surface area contributed by atoms with Gasteiger partial charge in [0.05, 0.1) is 24.3 Å². The second kappa shape index (κ2) is 9.80. The van der Waals surface area contributed by atoms with Gasteiger partial charge < -0.3 is 15.3 Å². The lowest BCUT2D eigenvalue weighted by Gasteiger charge is -2.12. The van der Waals surface area contributed by atoms with Crippen LogP contribution in [0.15, 0.2) is 30.3 Å². The molecular formula is C22H27FN2O4. The second-order valence-electron chi connectivity index (χ2n) is 7.54. The van der Waals surface area contributed by atoms with E-state index in [0.29, 0.717) is 0 Å². The average molecular weight is 402 g/mol. The van der Waals surface area contributed by atoms with Crippen LogP contribution in [0.1, 0.15) is 49.8 Å². The molecule has 2 atom stereocenters. The van der Waals surface area contributed by atoms with Gasteiger partial charge in [-0.15, -0.1) is 0 Å². The predicted molar refractivity (Wildman–Crippen MR) is 108 cm³/mol. The number of rotatable bonds is 7. The van der Waals surface area contributed by atoms with Gasteiger partial charge in [0, 0.05) is 29.4 Å². The van der Waals surface area contributed by atoms with Crippen LogP contribution in [0.25, 0.3) is 17.5 Å². The summed E-state index contributed by atoms with van der Waals surface area (Å²) >= 11 is 0. The smallest absolute Gasteiger partial charge is 0.305 e. The van der Waals surface area contributed by atoms with Crippen molar-refractivity contribution in [1.82, 2.24) is 9.78 Å². The Balaban J connectivity index is 1.86. The summed E-state index contributed by atoms with van der Waals surface area (Å²) in [5, 5.41) is 33.3. The zero-order valence-corrected chi connectivity index (χ0v) is 16.3. The molecule has 0 bridgehead atoms. The van der Waals surface area contributed by atoms with Crippen molar-refractivity contribution in [2.45, 2.75) is 63.6 Å². The third-order valence-corrected chi connectivity index (χ3v) is 5.20. The molecule has 0 saturated carbocycles. The van der Waals surface area contributed by atoms with E-state index in [2.05, 4.69) is 0 Å². The van der Waals surface area contributed by atoms with Crippen LogP contribution in [0.2, 0.25) is 0 Å². The number of nitrogens with zero attached hydrogens (tertiary/aromatic N) is 2. The zero-order valence-electron chi connectivity index (χ0n) is 16.3. The number of benzene rings is 1. The molecule has 0 spiro atoms. The molecule has 6 nitrogen and oxygen atoms in total. The Bertz CT molecular complexity index is 860. The fraction of sp³-hybridized carbons (Fsp3) is 0.455. The van der Waals surface area contributed by atoms with E-state index >= 15 is 0 Å². The maximum Gasteiger partial charge on any atom is 0.305 e. The van der Waals surface area contributed by atoms with Gasteiger partial charge in [0.2, 0.25) is 0 Å². The number of aliphatic hydroxyl groups is 2. The number of carboxylic acid groups (broad SMARTS) is 1. The first kappa shape index (κ1) is 21.2. The standard InChI is InChI=1S/C22H27FN2O4/c23-16-9-7-15(8-10-16)22-19-5-3-1-2-4-6-20(19)25(24-22)12-11-17(26)13-18(27)14-21(28)29/h7-12,17-18,26-27H,1-6,13-14H2,(H,28,29)/b12-11+. The Morgan fingerprint density at radius 2 is 1.83 bits per heavy atom. The van der Waals surface area contributed by atoms with Crippen molar-refractivity contribution in [1.29, 1.82) is 0 Å². The topological polar surface area (TPSA) is 95.6 Å². The quantitative estimate of drug-likeness (QED) is 0.660. The van der Waals surface area contributed by atoms with Gasteiger partial charge in [-0.3, -0.25) is 4.79 Å². The van der Waals surface area contributed by atoms with Crippen molar-refractivity contribution >= 4 is 12.2 Å². The van der Waals surface area contributed by atoms with Gasteiger partial charge in [0.15, 0.2) is 0 Å². The van der Waals surface area contributed by atoms with Gasteiger partial charge in [-0.05, 0) is 56.0 Å². The summed E-state index contributed by atoms with van der Waals surface area (Å²) in [6.45, 7) is 0. The fourth-order valence-corrected chi connectivity index (χ4v) is 3.77. The molecular weight excluding hydrogens is 375 g/mol. The SMILES string of the molecule is O=C(O)CC(O)CC(O)/C=C/n1nc(-c2ccc(F)cc2)c2c1CCCCCC2. The first-order valence-electron chi connectivity index (χ1n) is 10.1. The minimum Gasteiger partial charge on any atom is -0.481 e. The molecule has 7 heteroatoms. The van der Waals surface area contributed by atoms with Gasteiger partial charge in [-0.25, -0.2) is 9.07 Å². The third kappa shape index (κ3) is 5.74. The van der Waals surface area contributed by atoms with Crippen LogP contribution in [0.4, 0.5) is 4.39 Å². The third-order valence-electron chi connectivity index (χ3n) is 5.20. The number of halogens is 1. The molecule has 1 aromatic carbocycles. The van der Waals surface area contributed by atoms with E-state index in [1.807, 2.05) is 0 Å². The van der Waals surface area contributed by atoms with E-state index in [4.69, 9.17) is 10.2 Å². The van der Waals surface area contributed by atoms with Crippen LogP contribution < -0.4 is 0 Å². The molecule has 1 aromatic heterocycles. The van der Waals surface area contributed by atoms with Crippen molar-refractivity contribution in [2.24, 2.45) is 0 Å². The zero-order chi connectivity index (χ0) is 20.8. The van der Waals surface area contributed by atoms with E-state index in [0.717, 1.165) is 54.6 Å². The molecule has 0 fully saturated rings. The Labute approximate surface area is 169 Å². The van der Waals surface area contributed by atoms with Crippen molar-refractivity contribution in [2.75, 3.05) is 0 Å². The van der Waals surface area contributed by atoms with Crippen LogP contribution in [0.3, 0.4) is 0 Å². The summed E-state index contributed by atoms with van der Waals surface area (Å²) < 4.78 is 15.1. The van der Waals surface area contributed by atoms with Gasteiger partial charge in [0.1, 0.15) is 5.82 Å². The Kier molecular flexibility index (Phi) is 7.17. The first-order valence-corrected chi connectivity index (χ1v) is 10.1. The van der Waals surface area contributed by atoms with Crippen LogP contribution in [-0.4, -0.2) is 43.3 Å². The molecule has 2 aromatic rings.